The fourth-order valence-electron chi connectivity index (χ4n) is 3.06. The number of hydrogen-bond acceptors (Lipinski definition) is 3. The van der Waals surface area contributed by atoms with E-state index in [1.54, 1.807) is 0 Å². The van der Waals surface area contributed by atoms with Gasteiger partial charge in [0.15, 0.2) is 0 Å². The molecule has 0 spiro atoms. The van der Waals surface area contributed by atoms with Gasteiger partial charge in [0.25, 0.3) is 0 Å². The summed E-state index contributed by atoms with van der Waals surface area (Å²) < 4.78 is 32.5. The summed E-state index contributed by atoms with van der Waals surface area (Å²) in [6.07, 6.45) is 0. The number of nitrogens with one attached hydrogen (secondary N) is 1. The van der Waals surface area contributed by atoms with E-state index in [2.05, 4.69) is 33.9 Å². The lowest BCUT2D eigenvalue weighted by molar-refractivity contribution is 0.0712. The summed E-state index contributed by atoms with van der Waals surface area (Å²) in [5.41, 5.74) is 2.44. The van der Waals surface area contributed by atoms with Crippen LogP contribution in [0.4, 0.5) is 0 Å². The summed E-state index contributed by atoms with van der Waals surface area (Å²) >= 11 is 0. The Balaban J connectivity index is 1.72. The van der Waals surface area contributed by atoms with E-state index in [9.17, 15) is 8.42 Å². The Hall–Kier alpha value is -1.73. The molecule has 0 unspecified atom stereocenters. The van der Waals surface area contributed by atoms with Gasteiger partial charge in [-0.1, -0.05) is 60.7 Å². The van der Waals surface area contributed by atoms with Gasteiger partial charge in [-0.05, 0) is 17.0 Å². The second kappa shape index (κ2) is 6.80. The molecule has 0 radical (unpaired) electrons. The molecule has 0 atom stereocenters. The smallest absolute Gasteiger partial charge is 0.292 e. The van der Waals surface area contributed by atoms with Crippen LogP contribution < -0.4 is 4.72 Å². The molecule has 2 aromatic carbocycles. The number of rotatable bonds is 6. The van der Waals surface area contributed by atoms with E-state index in [1.165, 1.54) is 11.1 Å². The summed E-state index contributed by atoms with van der Waals surface area (Å²) in [5.74, 6) is 0.215. The van der Waals surface area contributed by atoms with E-state index in [4.69, 9.17) is 4.55 Å². The van der Waals surface area contributed by atoms with Crippen LogP contribution in [0, 0.1) is 5.92 Å². The molecule has 1 aliphatic heterocycles. The molecule has 1 saturated heterocycles. The van der Waals surface area contributed by atoms with Crippen LogP contribution in [0.15, 0.2) is 60.7 Å². The van der Waals surface area contributed by atoms with Gasteiger partial charge in [-0.15, -0.1) is 0 Å². The molecule has 1 heterocycles. The Labute approximate surface area is 136 Å². The van der Waals surface area contributed by atoms with Crippen molar-refractivity contribution in [2.45, 2.75) is 6.04 Å². The standard InChI is InChI=1S/C17H20N2O3S/c20-23(21,22)18-11-14-12-19(13-14)17(15-7-3-1-4-8-15)16-9-5-2-6-10-16/h1-10,14,17-18H,11-13H2,(H,20,21,22). The molecule has 122 valence electrons. The van der Waals surface area contributed by atoms with Crippen molar-refractivity contribution < 1.29 is 13.0 Å². The lowest BCUT2D eigenvalue weighted by Gasteiger charge is -2.44. The van der Waals surface area contributed by atoms with Gasteiger partial charge in [0.05, 0.1) is 6.04 Å². The highest BCUT2D eigenvalue weighted by Crippen LogP contribution is 2.33. The average Bonchev–Trinajstić information content (AvgIpc) is 2.50. The molecule has 0 aliphatic carbocycles. The first-order valence-electron chi connectivity index (χ1n) is 7.59. The SMILES string of the molecule is O=S(=O)(O)NCC1CN(C(c2ccccc2)c2ccccc2)C1. The zero-order chi connectivity index (χ0) is 16.3. The first kappa shape index (κ1) is 16.1. The zero-order valence-electron chi connectivity index (χ0n) is 12.7. The molecule has 0 amide bonds. The predicted molar refractivity (Wildman–Crippen MR) is 89.3 cm³/mol. The lowest BCUT2D eigenvalue weighted by Crippen LogP contribution is -2.52. The quantitative estimate of drug-likeness (QED) is 0.795. The molecule has 0 aromatic heterocycles. The zero-order valence-corrected chi connectivity index (χ0v) is 13.5. The fourth-order valence-corrected chi connectivity index (χ4v) is 3.50. The molecule has 2 N–H and O–H groups in total. The number of benzene rings is 2. The normalized spacial score (nSPS) is 16.4. The summed E-state index contributed by atoms with van der Waals surface area (Å²) in [6, 6.07) is 20.7. The van der Waals surface area contributed by atoms with Gasteiger partial charge in [-0.25, -0.2) is 0 Å². The van der Waals surface area contributed by atoms with E-state index in [0.29, 0.717) is 0 Å². The minimum absolute atomic E-state index is 0.166. The second-order valence-electron chi connectivity index (χ2n) is 5.87. The summed E-state index contributed by atoms with van der Waals surface area (Å²) in [5, 5.41) is 0. The molecule has 0 saturated carbocycles. The Morgan fingerprint density at radius 3 is 1.91 bits per heavy atom. The molecule has 0 bridgehead atoms. The third-order valence-electron chi connectivity index (χ3n) is 4.14. The highest BCUT2D eigenvalue weighted by atomic mass is 32.2. The summed E-state index contributed by atoms with van der Waals surface area (Å²) in [6.45, 7) is 1.85. The Kier molecular flexibility index (Phi) is 4.77. The van der Waals surface area contributed by atoms with Crippen LogP contribution in [0.5, 0.6) is 0 Å². The van der Waals surface area contributed by atoms with Crippen LogP contribution in [0.3, 0.4) is 0 Å². The van der Waals surface area contributed by atoms with Crippen LogP contribution in [-0.2, 0) is 10.3 Å². The Morgan fingerprint density at radius 1 is 1.00 bits per heavy atom. The van der Waals surface area contributed by atoms with E-state index >= 15 is 0 Å². The highest BCUT2D eigenvalue weighted by Gasteiger charge is 2.34. The van der Waals surface area contributed by atoms with E-state index < -0.39 is 10.3 Å². The van der Waals surface area contributed by atoms with Crippen molar-refractivity contribution in [2.24, 2.45) is 5.92 Å². The molecule has 1 aliphatic rings. The molecular weight excluding hydrogens is 312 g/mol. The fraction of sp³-hybridized carbons (Fsp3) is 0.294. The summed E-state index contributed by atoms with van der Waals surface area (Å²) in [4.78, 5) is 2.32. The number of nitrogens with zero attached hydrogens (tertiary/aromatic N) is 1. The molecule has 6 heteroatoms. The van der Waals surface area contributed by atoms with Gasteiger partial charge in [-0.2, -0.15) is 13.1 Å². The van der Waals surface area contributed by atoms with Crippen molar-refractivity contribution in [1.29, 1.82) is 0 Å². The van der Waals surface area contributed by atoms with Crippen LogP contribution in [0.1, 0.15) is 17.2 Å². The van der Waals surface area contributed by atoms with Crippen LogP contribution in [0.25, 0.3) is 0 Å². The van der Waals surface area contributed by atoms with Crippen molar-refractivity contribution in [3.8, 4) is 0 Å². The van der Waals surface area contributed by atoms with Crippen LogP contribution in [-0.4, -0.2) is 37.5 Å². The van der Waals surface area contributed by atoms with Gasteiger partial charge in [0.1, 0.15) is 0 Å². The predicted octanol–water partition coefficient (Wildman–Crippen LogP) is 2.10. The number of hydrogen-bond donors (Lipinski definition) is 2. The number of likely N-dealkylation sites (tertiary alicyclic amines) is 1. The Morgan fingerprint density at radius 2 is 1.48 bits per heavy atom. The molecule has 5 nitrogen and oxygen atoms in total. The van der Waals surface area contributed by atoms with E-state index in [0.717, 1.165) is 13.1 Å². The van der Waals surface area contributed by atoms with E-state index in [1.807, 2.05) is 36.4 Å². The van der Waals surface area contributed by atoms with Crippen molar-refractivity contribution >= 4 is 10.3 Å². The maximum Gasteiger partial charge on any atom is 0.333 e. The van der Waals surface area contributed by atoms with E-state index in [-0.39, 0.29) is 18.5 Å². The lowest BCUT2D eigenvalue weighted by atomic mass is 9.90. The van der Waals surface area contributed by atoms with Gasteiger partial charge in [0.2, 0.25) is 0 Å². The minimum Gasteiger partial charge on any atom is -0.292 e. The van der Waals surface area contributed by atoms with Crippen molar-refractivity contribution in [3.05, 3.63) is 71.8 Å². The molecule has 3 rings (SSSR count). The first-order chi connectivity index (χ1) is 11.0. The topological polar surface area (TPSA) is 69.6 Å². The van der Waals surface area contributed by atoms with Crippen LogP contribution in [0.2, 0.25) is 0 Å². The first-order valence-corrected chi connectivity index (χ1v) is 9.03. The second-order valence-corrected chi connectivity index (χ2v) is 7.11. The van der Waals surface area contributed by atoms with Crippen LogP contribution >= 0.6 is 0 Å². The average molecular weight is 332 g/mol. The molecule has 1 fully saturated rings. The monoisotopic (exact) mass is 332 g/mol. The van der Waals surface area contributed by atoms with Crippen molar-refractivity contribution in [3.63, 3.8) is 0 Å². The molecular formula is C17H20N2O3S. The maximum absolute atomic E-state index is 10.8. The van der Waals surface area contributed by atoms with Gasteiger partial charge in [0, 0.05) is 19.6 Å². The van der Waals surface area contributed by atoms with Gasteiger partial charge >= 0.3 is 10.3 Å². The minimum atomic E-state index is -4.11. The Bertz CT molecular complexity index is 689. The maximum atomic E-state index is 10.8. The molecule has 2 aromatic rings. The summed E-state index contributed by atoms with van der Waals surface area (Å²) in [7, 11) is -4.11. The largest absolute Gasteiger partial charge is 0.333 e. The third kappa shape index (κ3) is 4.17. The third-order valence-corrected chi connectivity index (χ3v) is 4.67. The van der Waals surface area contributed by atoms with Gasteiger partial charge < -0.3 is 0 Å². The highest BCUT2D eigenvalue weighted by molar-refractivity contribution is 7.83. The van der Waals surface area contributed by atoms with Crippen molar-refractivity contribution in [2.75, 3.05) is 19.6 Å². The van der Waals surface area contributed by atoms with Crippen molar-refractivity contribution in [1.82, 2.24) is 9.62 Å². The molecule has 23 heavy (non-hydrogen) atoms. The van der Waals surface area contributed by atoms with Gasteiger partial charge in [-0.3, -0.25) is 9.45 Å².